The van der Waals surface area contributed by atoms with Crippen LogP contribution in [0, 0.1) is 0 Å². The number of halogens is 3. The van der Waals surface area contributed by atoms with Crippen molar-refractivity contribution in [3.05, 3.63) is 90.3 Å². The van der Waals surface area contributed by atoms with Crippen molar-refractivity contribution in [2.45, 2.75) is 26.6 Å². The summed E-state index contributed by atoms with van der Waals surface area (Å²) in [5, 5.41) is 8.36. The van der Waals surface area contributed by atoms with Crippen LogP contribution in [0.4, 0.5) is 19.1 Å². The molecule has 6 aromatic rings. The molecule has 214 valence electrons. The predicted molar refractivity (Wildman–Crippen MR) is 156 cm³/mol. The molecule has 1 amide bonds. The number of benzene rings is 3. The Morgan fingerprint density at radius 3 is 2.48 bits per heavy atom. The first-order chi connectivity index (χ1) is 20.3. The van der Waals surface area contributed by atoms with Crippen LogP contribution >= 0.6 is 0 Å². The molecule has 0 bridgehead atoms. The first kappa shape index (κ1) is 27.4. The minimum Gasteiger partial charge on any atom is -0.309 e. The monoisotopic (exact) mass is 571 g/mol. The molecule has 0 aliphatic rings. The van der Waals surface area contributed by atoms with E-state index in [1.807, 2.05) is 59.2 Å². The van der Waals surface area contributed by atoms with Gasteiger partial charge >= 0.3 is 6.18 Å². The van der Waals surface area contributed by atoms with Gasteiger partial charge in [0.25, 0.3) is 5.91 Å². The Morgan fingerprint density at radius 1 is 0.952 bits per heavy atom. The van der Waals surface area contributed by atoms with Crippen LogP contribution in [0.2, 0.25) is 0 Å². The van der Waals surface area contributed by atoms with E-state index in [1.54, 1.807) is 12.1 Å². The Hall–Kier alpha value is -4.77. The average Bonchev–Trinajstić information content (AvgIpc) is 3.57. The highest BCUT2D eigenvalue weighted by Crippen LogP contribution is 2.35. The Labute approximate surface area is 239 Å². The molecule has 0 aliphatic carbocycles. The van der Waals surface area contributed by atoms with Gasteiger partial charge in [-0.15, -0.1) is 0 Å². The van der Waals surface area contributed by atoms with E-state index >= 15 is 0 Å². The Bertz CT molecular complexity index is 1920. The van der Waals surface area contributed by atoms with Gasteiger partial charge in [-0.2, -0.15) is 18.3 Å². The molecule has 0 atom stereocenters. The number of para-hydroxylation sites is 2. The molecular weight excluding hydrogens is 543 g/mol. The number of rotatable bonds is 8. The molecule has 0 aliphatic heterocycles. The van der Waals surface area contributed by atoms with Crippen molar-refractivity contribution in [3.8, 4) is 11.3 Å². The standard InChI is InChI=1S/C31H28F3N7O/c1-3-39(4-2)16-17-40-26-15-8-7-14-24(26)37-30(40)38-29(42)23-19-35-41-27(31(32,33)34)18-25(36-28(23)41)22-13-9-11-20-10-5-6-12-21(20)22/h5-15,18-19H,3-4,16-17H2,1-2H3,(H,37,38,42). The number of fused-ring (bicyclic) bond motifs is 3. The third kappa shape index (κ3) is 4.96. The zero-order chi connectivity index (χ0) is 29.4. The molecule has 11 heteroatoms. The fourth-order valence-electron chi connectivity index (χ4n) is 5.26. The maximum Gasteiger partial charge on any atom is 0.433 e. The molecular formula is C31H28F3N7O. The van der Waals surface area contributed by atoms with Crippen LogP contribution in [0.5, 0.6) is 0 Å². The van der Waals surface area contributed by atoms with E-state index in [1.165, 1.54) is 0 Å². The number of imidazole rings is 1. The van der Waals surface area contributed by atoms with Crippen LogP contribution in [-0.2, 0) is 12.7 Å². The molecule has 0 saturated heterocycles. The molecule has 8 nitrogen and oxygen atoms in total. The molecule has 42 heavy (non-hydrogen) atoms. The van der Waals surface area contributed by atoms with E-state index in [4.69, 9.17) is 0 Å². The lowest BCUT2D eigenvalue weighted by molar-refractivity contribution is -0.142. The largest absolute Gasteiger partial charge is 0.433 e. The van der Waals surface area contributed by atoms with Crippen LogP contribution in [0.3, 0.4) is 0 Å². The first-order valence-electron chi connectivity index (χ1n) is 13.7. The second-order valence-electron chi connectivity index (χ2n) is 9.90. The lowest BCUT2D eigenvalue weighted by atomic mass is 10.0. The van der Waals surface area contributed by atoms with Crippen LogP contribution in [0.25, 0.3) is 38.7 Å². The fraction of sp³-hybridized carbons (Fsp3) is 0.226. The SMILES string of the molecule is CCN(CC)CCn1c(NC(=O)c2cnn3c(C(F)(F)F)cc(-c4cccc5ccccc45)nc23)nc2ccccc21. The van der Waals surface area contributed by atoms with Gasteiger partial charge in [0.05, 0.1) is 22.9 Å². The molecule has 0 saturated carbocycles. The van der Waals surface area contributed by atoms with Crippen LogP contribution in [0.1, 0.15) is 29.9 Å². The average molecular weight is 572 g/mol. The number of hydrogen-bond donors (Lipinski definition) is 1. The summed E-state index contributed by atoms with van der Waals surface area (Å²) in [5.74, 6) is -0.353. The second kappa shape index (κ2) is 10.9. The van der Waals surface area contributed by atoms with Gasteiger partial charge in [0.15, 0.2) is 11.3 Å². The molecule has 0 radical (unpaired) electrons. The Kier molecular flexibility index (Phi) is 7.11. The predicted octanol–water partition coefficient (Wildman–Crippen LogP) is 6.51. The van der Waals surface area contributed by atoms with Gasteiger partial charge in [-0.05, 0) is 42.1 Å². The van der Waals surface area contributed by atoms with Crippen molar-refractivity contribution >= 4 is 39.3 Å². The summed E-state index contributed by atoms with van der Waals surface area (Å²) in [4.78, 5) is 25.1. The van der Waals surface area contributed by atoms with E-state index in [0.29, 0.717) is 28.1 Å². The maximum atomic E-state index is 14.3. The van der Waals surface area contributed by atoms with Crippen molar-refractivity contribution in [2.75, 3.05) is 25.0 Å². The topological polar surface area (TPSA) is 80.3 Å². The number of nitrogens with one attached hydrogen (secondary N) is 1. The molecule has 0 unspecified atom stereocenters. The fourth-order valence-corrected chi connectivity index (χ4v) is 5.26. The summed E-state index contributed by atoms with van der Waals surface area (Å²) in [6, 6.07) is 21.2. The van der Waals surface area contributed by atoms with E-state index in [2.05, 4.69) is 39.1 Å². The van der Waals surface area contributed by atoms with Gasteiger partial charge in [-0.1, -0.05) is 68.4 Å². The lowest BCUT2D eigenvalue weighted by Gasteiger charge is -2.19. The Balaban J connectivity index is 1.44. The third-order valence-electron chi connectivity index (χ3n) is 7.49. The third-order valence-corrected chi connectivity index (χ3v) is 7.49. The summed E-state index contributed by atoms with van der Waals surface area (Å²) in [6.07, 6.45) is -3.62. The highest BCUT2D eigenvalue weighted by atomic mass is 19.4. The number of likely N-dealkylation sites (N-methyl/N-ethyl adjacent to an activating group) is 1. The molecule has 3 aromatic carbocycles. The molecule has 3 heterocycles. The van der Waals surface area contributed by atoms with E-state index in [-0.39, 0.29) is 16.9 Å². The quantitative estimate of drug-likeness (QED) is 0.225. The summed E-state index contributed by atoms with van der Waals surface area (Å²) in [7, 11) is 0. The molecule has 1 N–H and O–H groups in total. The van der Waals surface area contributed by atoms with Gasteiger partial charge in [0, 0.05) is 18.7 Å². The summed E-state index contributed by atoms with van der Waals surface area (Å²) in [5.41, 5.74) is 0.833. The number of carbonyl (C=O) groups is 1. The van der Waals surface area contributed by atoms with Gasteiger partial charge < -0.3 is 9.47 Å². The van der Waals surface area contributed by atoms with Gasteiger partial charge in [0.2, 0.25) is 5.95 Å². The summed E-state index contributed by atoms with van der Waals surface area (Å²) >= 11 is 0. The molecule has 0 fully saturated rings. The zero-order valence-electron chi connectivity index (χ0n) is 23.1. The minimum atomic E-state index is -4.74. The lowest BCUT2D eigenvalue weighted by Crippen LogP contribution is -2.27. The van der Waals surface area contributed by atoms with Gasteiger partial charge in [-0.25, -0.2) is 14.5 Å². The van der Waals surface area contributed by atoms with Gasteiger partial charge in [0.1, 0.15) is 5.56 Å². The number of aromatic nitrogens is 5. The van der Waals surface area contributed by atoms with Crippen molar-refractivity contribution in [3.63, 3.8) is 0 Å². The number of alkyl halides is 3. The summed E-state index contributed by atoms with van der Waals surface area (Å²) < 4.78 is 45.4. The van der Waals surface area contributed by atoms with Crippen molar-refractivity contribution in [1.29, 1.82) is 0 Å². The normalized spacial score (nSPS) is 12.1. The van der Waals surface area contributed by atoms with Crippen molar-refractivity contribution in [2.24, 2.45) is 0 Å². The van der Waals surface area contributed by atoms with Crippen LogP contribution < -0.4 is 5.32 Å². The van der Waals surface area contributed by atoms with E-state index in [9.17, 15) is 18.0 Å². The second-order valence-corrected chi connectivity index (χ2v) is 9.90. The van der Waals surface area contributed by atoms with Crippen molar-refractivity contribution in [1.82, 2.24) is 29.0 Å². The number of nitrogens with zero attached hydrogens (tertiary/aromatic N) is 6. The van der Waals surface area contributed by atoms with Crippen LogP contribution in [0.15, 0.2) is 79.0 Å². The smallest absolute Gasteiger partial charge is 0.309 e. The highest BCUT2D eigenvalue weighted by Gasteiger charge is 2.36. The first-order valence-corrected chi connectivity index (χ1v) is 13.7. The van der Waals surface area contributed by atoms with Crippen LogP contribution in [-0.4, -0.2) is 54.6 Å². The zero-order valence-corrected chi connectivity index (χ0v) is 23.1. The molecule has 0 spiro atoms. The summed E-state index contributed by atoms with van der Waals surface area (Å²) in [6.45, 7) is 7.21. The maximum absolute atomic E-state index is 14.3. The van der Waals surface area contributed by atoms with E-state index in [0.717, 1.165) is 48.2 Å². The van der Waals surface area contributed by atoms with Crippen molar-refractivity contribution < 1.29 is 18.0 Å². The molecule has 3 aromatic heterocycles. The number of hydrogen-bond acceptors (Lipinski definition) is 5. The number of carbonyl (C=O) groups excluding carboxylic acids is 1. The minimum absolute atomic E-state index is 0.0904. The number of amides is 1. The molecule has 6 rings (SSSR count). The van der Waals surface area contributed by atoms with Gasteiger partial charge in [-0.3, -0.25) is 10.1 Å². The Morgan fingerprint density at radius 2 is 1.69 bits per heavy atom. The van der Waals surface area contributed by atoms with E-state index < -0.39 is 17.8 Å². The highest BCUT2D eigenvalue weighted by molar-refractivity contribution is 6.08. The number of anilines is 1.